The lowest BCUT2D eigenvalue weighted by atomic mass is 10.0. The van der Waals surface area contributed by atoms with Crippen LogP contribution in [0.25, 0.3) is 0 Å². The van der Waals surface area contributed by atoms with E-state index >= 15 is 0 Å². The Balaban J connectivity index is 1.46. The Labute approximate surface area is 189 Å². The highest BCUT2D eigenvalue weighted by Gasteiger charge is 2.24. The van der Waals surface area contributed by atoms with Gasteiger partial charge in [-0.3, -0.25) is 9.59 Å². The molecule has 31 heavy (non-hydrogen) atoms. The monoisotopic (exact) mass is 488 g/mol. The van der Waals surface area contributed by atoms with Crippen LogP contribution in [0, 0.1) is 0 Å². The second kappa shape index (κ2) is 10.9. The van der Waals surface area contributed by atoms with Gasteiger partial charge >= 0.3 is 6.16 Å². The van der Waals surface area contributed by atoms with E-state index in [0.717, 1.165) is 10.0 Å². The van der Waals surface area contributed by atoms with Gasteiger partial charge in [-0.25, -0.2) is 4.79 Å². The number of hydrogen-bond donors (Lipinski definition) is 1. The Hall–Kier alpha value is -2.87. The van der Waals surface area contributed by atoms with Crippen LogP contribution in [0.15, 0.2) is 53.0 Å². The molecule has 8 heteroatoms. The number of carbonyl (C=O) groups is 3. The molecule has 3 rings (SSSR count). The largest absolute Gasteiger partial charge is 0.513 e. The summed E-state index contributed by atoms with van der Waals surface area (Å²) in [6.07, 6.45) is 0.976. The SMILES string of the molecule is CCOC(=O)Oc1ccc(C(=O)N2CCC(NC(=O)Cc3cccc(Br)c3)CC2)cc1. The molecule has 1 fully saturated rings. The Morgan fingerprint density at radius 2 is 1.81 bits per heavy atom. The number of amides is 2. The Kier molecular flexibility index (Phi) is 8.06. The number of halogens is 1. The van der Waals surface area contributed by atoms with Crippen molar-refractivity contribution in [2.24, 2.45) is 0 Å². The smallest absolute Gasteiger partial charge is 0.434 e. The van der Waals surface area contributed by atoms with E-state index in [1.807, 2.05) is 24.3 Å². The zero-order valence-corrected chi connectivity index (χ0v) is 18.9. The third-order valence-electron chi connectivity index (χ3n) is 4.97. The van der Waals surface area contributed by atoms with Crippen LogP contribution < -0.4 is 10.1 Å². The molecule has 2 aromatic carbocycles. The van der Waals surface area contributed by atoms with Crippen LogP contribution in [0.1, 0.15) is 35.7 Å². The van der Waals surface area contributed by atoms with Gasteiger partial charge in [0.25, 0.3) is 5.91 Å². The molecule has 0 atom stereocenters. The second-order valence-corrected chi connectivity index (χ2v) is 8.17. The van der Waals surface area contributed by atoms with Gasteiger partial charge in [-0.2, -0.15) is 0 Å². The third-order valence-corrected chi connectivity index (χ3v) is 5.46. The van der Waals surface area contributed by atoms with E-state index in [1.54, 1.807) is 36.1 Å². The summed E-state index contributed by atoms with van der Waals surface area (Å²) >= 11 is 3.41. The molecular weight excluding hydrogens is 464 g/mol. The van der Waals surface area contributed by atoms with Crippen molar-refractivity contribution in [1.29, 1.82) is 0 Å². The average molecular weight is 489 g/mol. The number of nitrogens with one attached hydrogen (secondary N) is 1. The van der Waals surface area contributed by atoms with Crippen LogP contribution in [-0.4, -0.2) is 48.6 Å². The molecule has 0 aliphatic carbocycles. The Morgan fingerprint density at radius 1 is 1.10 bits per heavy atom. The van der Waals surface area contributed by atoms with E-state index in [0.29, 0.717) is 43.7 Å². The van der Waals surface area contributed by atoms with Crippen molar-refractivity contribution >= 4 is 33.9 Å². The van der Waals surface area contributed by atoms with Gasteiger partial charge in [-0.1, -0.05) is 28.1 Å². The van der Waals surface area contributed by atoms with Crippen LogP contribution in [0.5, 0.6) is 5.75 Å². The summed E-state index contributed by atoms with van der Waals surface area (Å²) in [7, 11) is 0. The van der Waals surface area contributed by atoms with Crippen molar-refractivity contribution in [3.05, 3.63) is 64.1 Å². The lowest BCUT2D eigenvalue weighted by molar-refractivity contribution is -0.121. The van der Waals surface area contributed by atoms with Crippen molar-refractivity contribution < 1.29 is 23.9 Å². The number of likely N-dealkylation sites (tertiary alicyclic amines) is 1. The van der Waals surface area contributed by atoms with E-state index < -0.39 is 6.16 Å². The zero-order valence-electron chi connectivity index (χ0n) is 17.3. The molecule has 0 aromatic heterocycles. The number of carbonyl (C=O) groups excluding carboxylic acids is 3. The molecule has 0 spiro atoms. The molecule has 164 valence electrons. The molecule has 1 saturated heterocycles. The second-order valence-electron chi connectivity index (χ2n) is 7.25. The minimum Gasteiger partial charge on any atom is -0.434 e. The van der Waals surface area contributed by atoms with E-state index in [1.165, 1.54) is 0 Å². The molecule has 0 radical (unpaired) electrons. The van der Waals surface area contributed by atoms with E-state index in [-0.39, 0.29) is 24.5 Å². The summed E-state index contributed by atoms with van der Waals surface area (Å²) in [4.78, 5) is 38.2. The number of rotatable bonds is 6. The van der Waals surface area contributed by atoms with Crippen molar-refractivity contribution in [3.8, 4) is 5.75 Å². The van der Waals surface area contributed by atoms with Gasteiger partial charge in [-0.15, -0.1) is 0 Å². The number of piperidine rings is 1. The fourth-order valence-electron chi connectivity index (χ4n) is 3.43. The van der Waals surface area contributed by atoms with Crippen molar-refractivity contribution in [3.63, 3.8) is 0 Å². The minimum absolute atomic E-state index is 0.0138. The number of ether oxygens (including phenoxy) is 2. The lowest BCUT2D eigenvalue weighted by Gasteiger charge is -2.32. The van der Waals surface area contributed by atoms with Crippen LogP contribution in [-0.2, 0) is 16.0 Å². The molecule has 1 aliphatic rings. The Morgan fingerprint density at radius 3 is 2.45 bits per heavy atom. The van der Waals surface area contributed by atoms with E-state index in [4.69, 9.17) is 9.47 Å². The first-order valence-electron chi connectivity index (χ1n) is 10.2. The molecule has 0 unspecified atom stereocenters. The van der Waals surface area contributed by atoms with E-state index in [2.05, 4.69) is 21.2 Å². The standard InChI is InChI=1S/C23H25BrN2O5/c1-2-30-23(29)31-20-8-6-17(7-9-20)22(28)26-12-10-19(11-13-26)25-21(27)15-16-4-3-5-18(24)14-16/h3-9,14,19H,2,10-13,15H2,1H3,(H,25,27). The molecule has 2 aromatic rings. The van der Waals surface area contributed by atoms with Crippen LogP contribution in [0.3, 0.4) is 0 Å². The van der Waals surface area contributed by atoms with Crippen LogP contribution >= 0.6 is 15.9 Å². The maximum Gasteiger partial charge on any atom is 0.513 e. The predicted octanol–water partition coefficient (Wildman–Crippen LogP) is 3.95. The predicted molar refractivity (Wildman–Crippen MR) is 119 cm³/mol. The number of hydrogen-bond acceptors (Lipinski definition) is 5. The molecule has 0 bridgehead atoms. The third kappa shape index (κ3) is 6.82. The Bertz CT molecular complexity index is 924. The summed E-state index contributed by atoms with van der Waals surface area (Å²) in [5.74, 6) is 0.225. The summed E-state index contributed by atoms with van der Waals surface area (Å²) in [6.45, 7) is 3.07. The first-order valence-corrected chi connectivity index (χ1v) is 11.0. The molecule has 7 nitrogen and oxygen atoms in total. The summed E-state index contributed by atoms with van der Waals surface area (Å²) in [5, 5.41) is 3.07. The average Bonchev–Trinajstić information content (AvgIpc) is 2.74. The summed E-state index contributed by atoms with van der Waals surface area (Å²) < 4.78 is 10.7. The normalized spacial score (nSPS) is 14.1. The maximum atomic E-state index is 12.7. The highest BCUT2D eigenvalue weighted by Crippen LogP contribution is 2.18. The fraction of sp³-hybridized carbons (Fsp3) is 0.348. The minimum atomic E-state index is -0.773. The lowest BCUT2D eigenvalue weighted by Crippen LogP contribution is -2.46. The molecule has 1 N–H and O–H groups in total. The molecule has 1 aliphatic heterocycles. The number of benzene rings is 2. The van der Waals surface area contributed by atoms with Crippen molar-refractivity contribution in [1.82, 2.24) is 10.2 Å². The highest BCUT2D eigenvalue weighted by molar-refractivity contribution is 9.10. The van der Waals surface area contributed by atoms with Crippen LogP contribution in [0.4, 0.5) is 4.79 Å². The van der Waals surface area contributed by atoms with Crippen molar-refractivity contribution in [2.45, 2.75) is 32.2 Å². The topological polar surface area (TPSA) is 84.9 Å². The quantitative estimate of drug-likeness (QED) is 0.491. The first-order chi connectivity index (χ1) is 14.9. The van der Waals surface area contributed by atoms with Gasteiger partial charge in [0.1, 0.15) is 5.75 Å². The first kappa shape index (κ1) is 22.8. The maximum absolute atomic E-state index is 12.7. The van der Waals surface area contributed by atoms with Crippen LogP contribution in [0.2, 0.25) is 0 Å². The fourth-order valence-corrected chi connectivity index (χ4v) is 3.88. The van der Waals surface area contributed by atoms with Gasteiger partial charge in [0.2, 0.25) is 5.91 Å². The molecule has 0 saturated carbocycles. The van der Waals surface area contributed by atoms with Gasteiger partial charge in [0.05, 0.1) is 13.0 Å². The molecule has 2 amide bonds. The van der Waals surface area contributed by atoms with Gasteiger partial charge in [0.15, 0.2) is 0 Å². The summed E-state index contributed by atoms with van der Waals surface area (Å²) in [6, 6.07) is 14.1. The zero-order chi connectivity index (χ0) is 22.2. The van der Waals surface area contributed by atoms with Crippen molar-refractivity contribution in [2.75, 3.05) is 19.7 Å². The molecular formula is C23H25BrN2O5. The van der Waals surface area contributed by atoms with Gasteiger partial charge in [0, 0.05) is 29.2 Å². The van der Waals surface area contributed by atoms with Gasteiger partial charge < -0.3 is 19.7 Å². The van der Waals surface area contributed by atoms with E-state index in [9.17, 15) is 14.4 Å². The van der Waals surface area contributed by atoms with Gasteiger partial charge in [-0.05, 0) is 61.7 Å². The summed E-state index contributed by atoms with van der Waals surface area (Å²) in [5.41, 5.74) is 1.48. The molecule has 1 heterocycles. The number of nitrogens with zero attached hydrogens (tertiary/aromatic N) is 1. The highest BCUT2D eigenvalue weighted by atomic mass is 79.9.